The molecule has 1 aromatic rings. The van der Waals surface area contributed by atoms with Gasteiger partial charge in [-0.25, -0.2) is 9.78 Å². The van der Waals surface area contributed by atoms with Crippen LogP contribution in [0.5, 0.6) is 0 Å². The topological polar surface area (TPSA) is 103 Å². The monoisotopic (exact) mass is 272 g/mol. The molecule has 0 saturated heterocycles. The van der Waals surface area contributed by atoms with E-state index >= 15 is 0 Å². The van der Waals surface area contributed by atoms with Crippen LogP contribution in [0.4, 0.5) is 4.79 Å². The van der Waals surface area contributed by atoms with E-state index in [9.17, 15) is 9.59 Å². The molecule has 0 saturated carbocycles. The number of thioether (sulfide) groups is 1. The maximum absolute atomic E-state index is 11.3. The molecule has 9 heteroatoms. The average molecular weight is 272 g/mol. The van der Waals surface area contributed by atoms with Crippen LogP contribution in [0.2, 0.25) is 0 Å². The number of rotatable bonds is 6. The van der Waals surface area contributed by atoms with E-state index in [4.69, 9.17) is 0 Å². The van der Waals surface area contributed by atoms with Gasteiger partial charge in [0.25, 0.3) is 0 Å². The highest BCUT2D eigenvalue weighted by Gasteiger charge is 2.06. The van der Waals surface area contributed by atoms with Crippen molar-refractivity contribution in [3.63, 3.8) is 0 Å². The number of H-pyrrole nitrogens is 1. The normalized spacial score (nSPS) is 9.89. The van der Waals surface area contributed by atoms with Crippen molar-refractivity contribution >= 4 is 23.7 Å². The fourth-order valence-corrected chi connectivity index (χ4v) is 1.61. The molecule has 0 aliphatic rings. The summed E-state index contributed by atoms with van der Waals surface area (Å²) >= 11 is 1.46. The Bertz CT molecular complexity index is 380. The maximum Gasteiger partial charge on any atom is 0.317 e. The number of nitrogens with one attached hydrogen (secondary N) is 3. The van der Waals surface area contributed by atoms with Crippen LogP contribution >= 0.6 is 11.8 Å². The van der Waals surface area contributed by atoms with E-state index in [1.807, 2.05) is 0 Å². The van der Waals surface area contributed by atoms with Crippen molar-refractivity contribution in [3.05, 3.63) is 6.33 Å². The first-order chi connectivity index (χ1) is 8.59. The van der Waals surface area contributed by atoms with Gasteiger partial charge >= 0.3 is 6.03 Å². The number of hydrogen-bond donors (Lipinski definition) is 3. The Balaban J connectivity index is 2.05. The van der Waals surface area contributed by atoms with Crippen molar-refractivity contribution in [2.45, 2.75) is 5.16 Å². The van der Waals surface area contributed by atoms with E-state index in [1.165, 1.54) is 23.0 Å². The number of carbonyl (C=O) groups is 2. The molecule has 18 heavy (non-hydrogen) atoms. The summed E-state index contributed by atoms with van der Waals surface area (Å²) in [5.74, 6) is 0.464. The van der Waals surface area contributed by atoms with Crippen LogP contribution in [0.3, 0.4) is 0 Å². The van der Waals surface area contributed by atoms with Crippen molar-refractivity contribution in [1.82, 2.24) is 30.7 Å². The highest BCUT2D eigenvalue weighted by atomic mass is 32.2. The van der Waals surface area contributed by atoms with Gasteiger partial charge in [-0.1, -0.05) is 11.8 Å². The zero-order valence-corrected chi connectivity index (χ0v) is 11.1. The highest BCUT2D eigenvalue weighted by Crippen LogP contribution is 2.08. The van der Waals surface area contributed by atoms with Gasteiger partial charge < -0.3 is 15.5 Å². The lowest BCUT2D eigenvalue weighted by molar-refractivity contribution is -0.120. The minimum atomic E-state index is -0.291. The number of urea groups is 1. The molecule has 1 heterocycles. The van der Waals surface area contributed by atoms with Gasteiger partial charge in [-0.15, -0.1) is 0 Å². The summed E-state index contributed by atoms with van der Waals surface area (Å²) in [5, 5.41) is 12.3. The molecule has 0 fully saturated rings. The van der Waals surface area contributed by atoms with Crippen LogP contribution in [-0.2, 0) is 4.79 Å². The summed E-state index contributed by atoms with van der Waals surface area (Å²) in [6.45, 7) is 0.478. The van der Waals surface area contributed by atoms with Crippen LogP contribution in [0.25, 0.3) is 0 Å². The lowest BCUT2D eigenvalue weighted by Crippen LogP contribution is -2.41. The molecule has 1 aromatic heterocycles. The van der Waals surface area contributed by atoms with E-state index in [1.54, 1.807) is 14.1 Å². The summed E-state index contributed by atoms with van der Waals surface area (Å²) in [4.78, 5) is 27.8. The second-order valence-corrected chi connectivity index (χ2v) is 4.63. The summed E-state index contributed by atoms with van der Waals surface area (Å²) in [6, 6.07) is -0.291. The van der Waals surface area contributed by atoms with Crippen molar-refractivity contribution in [3.8, 4) is 0 Å². The van der Waals surface area contributed by atoms with Crippen molar-refractivity contribution in [2.75, 3.05) is 32.9 Å². The highest BCUT2D eigenvalue weighted by molar-refractivity contribution is 7.99. The largest absolute Gasteiger partial charge is 0.354 e. The molecule has 0 unspecified atom stereocenters. The Hall–Kier alpha value is -1.77. The third-order valence-corrected chi connectivity index (χ3v) is 2.74. The quantitative estimate of drug-likeness (QED) is 0.468. The third-order valence-electron chi connectivity index (χ3n) is 1.86. The standard InChI is InChI=1S/C9H16N6O2S/c1-15(2)9(17)11-5-7(16)10-3-4-18-8-12-6-13-14-8/h6H,3-5H2,1-2H3,(H,10,16)(H,11,17)(H,12,13,14). The first-order valence-corrected chi connectivity index (χ1v) is 6.28. The van der Waals surface area contributed by atoms with Gasteiger partial charge in [0, 0.05) is 26.4 Å². The number of amides is 3. The average Bonchev–Trinajstić information content (AvgIpc) is 2.84. The molecule has 3 amide bonds. The number of nitrogens with zero attached hydrogens (tertiary/aromatic N) is 3. The van der Waals surface area contributed by atoms with Crippen molar-refractivity contribution in [2.24, 2.45) is 0 Å². The van der Waals surface area contributed by atoms with Crippen LogP contribution in [0, 0.1) is 0 Å². The Morgan fingerprint density at radius 3 is 2.83 bits per heavy atom. The number of aromatic amines is 1. The van der Waals surface area contributed by atoms with Crippen molar-refractivity contribution < 1.29 is 9.59 Å². The molecule has 8 nitrogen and oxygen atoms in total. The zero-order valence-electron chi connectivity index (χ0n) is 10.3. The zero-order chi connectivity index (χ0) is 13.4. The van der Waals surface area contributed by atoms with E-state index < -0.39 is 0 Å². The van der Waals surface area contributed by atoms with Gasteiger partial charge in [-0.05, 0) is 0 Å². The van der Waals surface area contributed by atoms with Gasteiger partial charge in [0.1, 0.15) is 6.33 Å². The SMILES string of the molecule is CN(C)C(=O)NCC(=O)NCCSc1ncn[nH]1. The van der Waals surface area contributed by atoms with E-state index in [0.29, 0.717) is 17.5 Å². The fraction of sp³-hybridized carbons (Fsp3) is 0.556. The Labute approximate surface area is 109 Å². The molecular weight excluding hydrogens is 256 g/mol. The molecule has 0 aliphatic heterocycles. The van der Waals surface area contributed by atoms with Gasteiger partial charge in [0.2, 0.25) is 5.91 Å². The smallest absolute Gasteiger partial charge is 0.317 e. The van der Waals surface area contributed by atoms with Crippen LogP contribution in [0.15, 0.2) is 11.5 Å². The molecule has 1 rings (SSSR count). The molecule has 0 aromatic carbocycles. The van der Waals surface area contributed by atoms with E-state index in [-0.39, 0.29) is 18.5 Å². The predicted octanol–water partition coefficient (Wildman–Crippen LogP) is -0.716. The van der Waals surface area contributed by atoms with E-state index in [2.05, 4.69) is 25.8 Å². The Kier molecular flexibility index (Phi) is 5.98. The molecule has 0 radical (unpaired) electrons. The summed E-state index contributed by atoms with van der Waals surface area (Å²) in [7, 11) is 3.22. The minimum Gasteiger partial charge on any atom is -0.354 e. The minimum absolute atomic E-state index is 0.0238. The number of hydrogen-bond acceptors (Lipinski definition) is 5. The van der Waals surface area contributed by atoms with Gasteiger partial charge in [0.15, 0.2) is 5.16 Å². The molecule has 0 bridgehead atoms. The molecule has 0 atom stereocenters. The molecular formula is C9H16N6O2S. The van der Waals surface area contributed by atoms with E-state index in [0.717, 1.165) is 0 Å². The second kappa shape index (κ2) is 7.54. The summed E-state index contributed by atoms with van der Waals surface area (Å²) in [6.07, 6.45) is 1.43. The first kappa shape index (κ1) is 14.3. The molecule has 100 valence electrons. The lowest BCUT2D eigenvalue weighted by Gasteiger charge is -2.11. The number of carbonyl (C=O) groups excluding carboxylic acids is 2. The van der Waals surface area contributed by atoms with Crippen LogP contribution in [-0.4, -0.2) is 65.0 Å². The summed E-state index contributed by atoms with van der Waals surface area (Å²) < 4.78 is 0. The molecule has 0 aliphatic carbocycles. The number of aromatic nitrogens is 3. The third kappa shape index (κ3) is 5.53. The van der Waals surface area contributed by atoms with Gasteiger partial charge in [-0.2, -0.15) is 5.10 Å². The first-order valence-electron chi connectivity index (χ1n) is 5.29. The van der Waals surface area contributed by atoms with Crippen LogP contribution in [0.1, 0.15) is 0 Å². The molecule has 0 spiro atoms. The van der Waals surface area contributed by atoms with Gasteiger partial charge in [0.05, 0.1) is 6.54 Å². The predicted molar refractivity (Wildman–Crippen MR) is 67.2 cm³/mol. The Morgan fingerprint density at radius 1 is 1.44 bits per heavy atom. The van der Waals surface area contributed by atoms with Crippen LogP contribution < -0.4 is 10.6 Å². The maximum atomic E-state index is 11.3. The summed E-state index contributed by atoms with van der Waals surface area (Å²) in [5.41, 5.74) is 0. The molecule has 3 N–H and O–H groups in total. The lowest BCUT2D eigenvalue weighted by atomic mass is 10.5. The fourth-order valence-electron chi connectivity index (χ4n) is 0.978. The van der Waals surface area contributed by atoms with Crippen molar-refractivity contribution in [1.29, 1.82) is 0 Å². The van der Waals surface area contributed by atoms with Gasteiger partial charge in [-0.3, -0.25) is 9.89 Å². The Morgan fingerprint density at radius 2 is 2.22 bits per heavy atom. The second-order valence-electron chi connectivity index (χ2n) is 3.54.